The second-order valence-electron chi connectivity index (χ2n) is 2.62. The molecule has 0 unspecified atom stereocenters. The fourth-order valence-corrected chi connectivity index (χ4v) is 2.27. The standard InChI is InChI=1S/C8H13Cl2O2Si/c1-3-7(11)12-5-4-6-13(2)8(9)10/h3,8H,1,4-6H2,2H3. The third-order valence-corrected chi connectivity index (χ3v) is 5.62. The summed E-state index contributed by atoms with van der Waals surface area (Å²) in [6.45, 7) is 5.78. The van der Waals surface area contributed by atoms with E-state index in [0.717, 1.165) is 18.5 Å². The number of ether oxygens (including phenoxy) is 1. The van der Waals surface area contributed by atoms with Crippen LogP contribution in [-0.2, 0) is 9.53 Å². The first-order chi connectivity index (χ1) is 6.07. The number of hydrogen-bond acceptors (Lipinski definition) is 2. The van der Waals surface area contributed by atoms with Gasteiger partial charge in [-0.25, -0.2) is 4.79 Å². The van der Waals surface area contributed by atoms with Crippen LogP contribution in [0.1, 0.15) is 6.42 Å². The van der Waals surface area contributed by atoms with Crippen molar-refractivity contribution in [2.45, 2.75) is 23.5 Å². The first-order valence-corrected chi connectivity index (χ1v) is 7.13. The van der Waals surface area contributed by atoms with E-state index >= 15 is 0 Å². The number of carbonyl (C=O) groups excluding carboxylic acids is 1. The summed E-state index contributed by atoms with van der Waals surface area (Å²) in [6.07, 6.45) is 1.98. The zero-order valence-electron chi connectivity index (χ0n) is 7.56. The van der Waals surface area contributed by atoms with Crippen molar-refractivity contribution in [2.24, 2.45) is 0 Å². The number of alkyl halides is 2. The Morgan fingerprint density at radius 1 is 1.69 bits per heavy atom. The van der Waals surface area contributed by atoms with Gasteiger partial charge in [0.25, 0.3) is 0 Å². The quantitative estimate of drug-likeness (QED) is 0.234. The minimum atomic E-state index is -0.697. The van der Waals surface area contributed by atoms with Crippen molar-refractivity contribution in [1.82, 2.24) is 0 Å². The summed E-state index contributed by atoms with van der Waals surface area (Å²) >= 11 is 11.4. The molecule has 0 aliphatic rings. The molecule has 0 aromatic heterocycles. The number of rotatable bonds is 6. The normalized spacial score (nSPS) is 10.5. The lowest BCUT2D eigenvalue weighted by molar-refractivity contribution is -0.137. The van der Waals surface area contributed by atoms with Crippen LogP contribution in [0.2, 0.25) is 12.6 Å². The molecule has 0 N–H and O–H groups in total. The van der Waals surface area contributed by atoms with Gasteiger partial charge in [0, 0.05) is 6.08 Å². The van der Waals surface area contributed by atoms with Crippen LogP contribution in [0, 0.1) is 0 Å². The third kappa shape index (κ3) is 7.11. The highest BCUT2D eigenvalue weighted by atomic mass is 35.5. The van der Waals surface area contributed by atoms with Crippen LogP contribution in [0.3, 0.4) is 0 Å². The topological polar surface area (TPSA) is 26.3 Å². The number of carbonyl (C=O) groups is 1. The van der Waals surface area contributed by atoms with Crippen molar-refractivity contribution in [3.05, 3.63) is 12.7 Å². The van der Waals surface area contributed by atoms with Gasteiger partial charge in [0.05, 0.1) is 19.9 Å². The Morgan fingerprint density at radius 3 is 2.77 bits per heavy atom. The minimum Gasteiger partial charge on any atom is -0.463 e. The van der Waals surface area contributed by atoms with Crippen molar-refractivity contribution < 1.29 is 9.53 Å². The average Bonchev–Trinajstić information content (AvgIpc) is 2.11. The highest BCUT2D eigenvalue weighted by molar-refractivity contribution is 6.79. The van der Waals surface area contributed by atoms with E-state index in [2.05, 4.69) is 13.1 Å². The van der Waals surface area contributed by atoms with E-state index in [1.165, 1.54) is 0 Å². The fourth-order valence-electron chi connectivity index (χ4n) is 0.692. The lowest BCUT2D eigenvalue weighted by atomic mass is 10.5. The largest absolute Gasteiger partial charge is 0.463 e. The van der Waals surface area contributed by atoms with Gasteiger partial charge in [0.2, 0.25) is 0 Å². The Hall–Kier alpha value is 0.00688. The minimum absolute atomic E-state index is 0.250. The maximum absolute atomic E-state index is 10.6. The van der Waals surface area contributed by atoms with E-state index in [9.17, 15) is 4.79 Å². The molecular formula is C8H13Cl2O2Si. The molecule has 0 spiro atoms. The molecule has 75 valence electrons. The molecule has 2 nitrogen and oxygen atoms in total. The molecule has 0 aromatic rings. The summed E-state index contributed by atoms with van der Waals surface area (Å²) < 4.78 is 4.54. The van der Waals surface area contributed by atoms with Gasteiger partial charge in [0.15, 0.2) is 0 Å². The first kappa shape index (κ1) is 13.0. The van der Waals surface area contributed by atoms with E-state index in [-0.39, 0.29) is 10.4 Å². The highest BCUT2D eigenvalue weighted by Crippen LogP contribution is 2.12. The molecule has 0 saturated carbocycles. The molecule has 0 aromatic carbocycles. The molecule has 0 bridgehead atoms. The monoisotopic (exact) mass is 239 g/mol. The smallest absolute Gasteiger partial charge is 0.330 e. The Bertz CT molecular complexity index is 174. The Morgan fingerprint density at radius 2 is 2.31 bits per heavy atom. The van der Waals surface area contributed by atoms with Gasteiger partial charge < -0.3 is 4.74 Å². The summed E-state index contributed by atoms with van der Waals surface area (Å²) in [7, 11) is -0.697. The summed E-state index contributed by atoms with van der Waals surface area (Å²) in [5.41, 5.74) is 0. The lowest BCUT2D eigenvalue weighted by Crippen LogP contribution is -2.17. The van der Waals surface area contributed by atoms with Gasteiger partial charge in [-0.05, 0) is 6.42 Å². The molecule has 0 aliphatic carbocycles. The van der Waals surface area contributed by atoms with Crippen LogP contribution in [0.15, 0.2) is 12.7 Å². The van der Waals surface area contributed by atoms with E-state index in [4.69, 9.17) is 27.9 Å². The van der Waals surface area contributed by atoms with Crippen LogP contribution in [-0.4, -0.2) is 25.8 Å². The van der Waals surface area contributed by atoms with E-state index in [1.807, 2.05) is 0 Å². The van der Waals surface area contributed by atoms with Gasteiger partial charge >= 0.3 is 5.97 Å². The van der Waals surface area contributed by atoms with Crippen LogP contribution < -0.4 is 0 Å². The predicted octanol–water partition coefficient (Wildman–Crippen LogP) is 2.57. The summed E-state index contributed by atoms with van der Waals surface area (Å²) in [5, 5.41) is 0. The van der Waals surface area contributed by atoms with E-state index < -0.39 is 8.80 Å². The Labute approximate surface area is 90.5 Å². The van der Waals surface area contributed by atoms with Gasteiger partial charge in [-0.2, -0.15) is 0 Å². The highest BCUT2D eigenvalue weighted by Gasteiger charge is 2.12. The molecule has 1 radical (unpaired) electrons. The predicted molar refractivity (Wildman–Crippen MR) is 57.7 cm³/mol. The Kier molecular flexibility index (Phi) is 7.42. The molecule has 13 heavy (non-hydrogen) atoms. The van der Waals surface area contributed by atoms with Crippen LogP contribution in [0.5, 0.6) is 0 Å². The van der Waals surface area contributed by atoms with Crippen molar-refractivity contribution >= 4 is 38.0 Å². The summed E-state index contributed by atoms with van der Waals surface area (Å²) in [5.74, 6) is -0.377. The van der Waals surface area contributed by atoms with Gasteiger partial charge in [-0.1, -0.05) is 19.2 Å². The molecular weight excluding hydrogens is 227 g/mol. The second-order valence-corrected chi connectivity index (χ2v) is 7.22. The maximum Gasteiger partial charge on any atom is 0.330 e. The van der Waals surface area contributed by atoms with Crippen LogP contribution in [0.25, 0.3) is 0 Å². The Balaban J connectivity index is 3.35. The molecule has 0 amide bonds. The molecule has 0 aliphatic heterocycles. The van der Waals surface area contributed by atoms with E-state index in [0.29, 0.717) is 6.61 Å². The SMILES string of the molecule is C=CC(=O)OCCC[Si](C)C(Cl)Cl. The van der Waals surface area contributed by atoms with Crippen LogP contribution >= 0.6 is 23.2 Å². The lowest BCUT2D eigenvalue weighted by Gasteiger charge is -2.09. The summed E-state index contributed by atoms with van der Waals surface area (Å²) in [6, 6.07) is 0.951. The third-order valence-electron chi connectivity index (χ3n) is 1.50. The average molecular weight is 240 g/mol. The number of hydrogen-bond donors (Lipinski definition) is 0. The van der Waals surface area contributed by atoms with Gasteiger partial charge in [-0.15, -0.1) is 23.2 Å². The van der Waals surface area contributed by atoms with Crippen LogP contribution in [0.4, 0.5) is 0 Å². The zero-order valence-corrected chi connectivity index (χ0v) is 10.1. The van der Waals surface area contributed by atoms with Crippen molar-refractivity contribution in [3.8, 4) is 0 Å². The van der Waals surface area contributed by atoms with E-state index in [1.54, 1.807) is 0 Å². The first-order valence-electron chi connectivity index (χ1n) is 3.97. The fraction of sp³-hybridized carbons (Fsp3) is 0.625. The molecule has 0 fully saturated rings. The molecule has 0 rings (SSSR count). The van der Waals surface area contributed by atoms with Crippen molar-refractivity contribution in [2.75, 3.05) is 6.61 Å². The number of halogens is 2. The van der Waals surface area contributed by atoms with Crippen molar-refractivity contribution in [1.29, 1.82) is 0 Å². The zero-order chi connectivity index (χ0) is 10.3. The molecule has 0 heterocycles. The maximum atomic E-state index is 10.6. The number of esters is 1. The second kappa shape index (κ2) is 7.41. The van der Waals surface area contributed by atoms with Crippen molar-refractivity contribution in [3.63, 3.8) is 0 Å². The van der Waals surface area contributed by atoms with Gasteiger partial charge in [0.1, 0.15) is 0 Å². The molecule has 5 heteroatoms. The molecule has 0 atom stereocenters. The summed E-state index contributed by atoms with van der Waals surface area (Å²) in [4.78, 5) is 10.6. The van der Waals surface area contributed by atoms with Gasteiger partial charge in [-0.3, -0.25) is 0 Å². The molecule has 0 saturated heterocycles.